The Morgan fingerprint density at radius 1 is 1.36 bits per heavy atom. The first-order chi connectivity index (χ1) is 11.8. The first-order valence-corrected chi connectivity index (χ1v) is 8.85. The van der Waals surface area contributed by atoms with Crippen molar-refractivity contribution in [2.75, 3.05) is 26.2 Å². The summed E-state index contributed by atoms with van der Waals surface area (Å²) in [4.78, 5) is 15.0. The second kappa shape index (κ2) is 8.50. The normalized spacial score (nSPS) is 21.6. The van der Waals surface area contributed by atoms with Crippen LogP contribution in [0.5, 0.6) is 5.75 Å². The highest BCUT2D eigenvalue weighted by atomic mass is 16.5. The second-order valence-electron chi connectivity index (χ2n) is 7.25. The fourth-order valence-electron chi connectivity index (χ4n) is 3.10. The summed E-state index contributed by atoms with van der Waals surface area (Å²) in [6.07, 6.45) is 2.07. The maximum absolute atomic E-state index is 12.6. The molecule has 2 rings (SSSR count). The number of amides is 1. The van der Waals surface area contributed by atoms with Gasteiger partial charge >= 0.3 is 0 Å². The van der Waals surface area contributed by atoms with Crippen LogP contribution in [0.3, 0.4) is 0 Å². The lowest BCUT2D eigenvalue weighted by Crippen LogP contribution is -2.58. The van der Waals surface area contributed by atoms with E-state index < -0.39 is 0 Å². The number of carbonyl (C=O) groups excluding carboxylic acids is 1. The molecule has 0 saturated carbocycles. The van der Waals surface area contributed by atoms with Crippen LogP contribution in [0, 0.1) is 0 Å². The third kappa shape index (κ3) is 5.31. The quantitative estimate of drug-likeness (QED) is 0.772. The average molecular weight is 346 g/mol. The Balaban J connectivity index is 2.00. The number of nitrogens with one attached hydrogen (secondary N) is 1. The molecule has 0 unspecified atom stereocenters. The van der Waals surface area contributed by atoms with Gasteiger partial charge in [0.2, 0.25) is 0 Å². The molecule has 1 aliphatic rings. The number of nitrogens with zero attached hydrogens (tertiary/aromatic N) is 1. The highest BCUT2D eigenvalue weighted by Gasteiger charge is 2.33. The molecule has 0 bridgehead atoms. The lowest BCUT2D eigenvalue weighted by atomic mass is 10.00. The highest BCUT2D eigenvalue weighted by molar-refractivity contribution is 5.96. The Kier molecular flexibility index (Phi) is 6.62. The summed E-state index contributed by atoms with van der Waals surface area (Å²) in [5.74, 6) is 0.452. The summed E-state index contributed by atoms with van der Waals surface area (Å²) >= 11 is 0. The maximum atomic E-state index is 12.6. The number of benzene rings is 1. The molecule has 138 valence electrons. The van der Waals surface area contributed by atoms with Crippen LogP contribution in [0.2, 0.25) is 0 Å². The van der Waals surface area contributed by atoms with E-state index in [4.69, 9.17) is 9.47 Å². The van der Waals surface area contributed by atoms with Crippen molar-refractivity contribution < 1.29 is 14.3 Å². The number of para-hydroxylation sites is 1. The number of hydrogen-bond donors (Lipinski definition) is 1. The van der Waals surface area contributed by atoms with Crippen LogP contribution in [-0.2, 0) is 4.74 Å². The van der Waals surface area contributed by atoms with Crippen molar-refractivity contribution in [3.05, 3.63) is 42.5 Å². The minimum absolute atomic E-state index is 0.123. The Labute approximate surface area is 151 Å². The monoisotopic (exact) mass is 346 g/mol. The molecule has 25 heavy (non-hydrogen) atoms. The summed E-state index contributed by atoms with van der Waals surface area (Å²) in [5.41, 5.74) is 0.391. The van der Waals surface area contributed by atoms with Gasteiger partial charge in [0.15, 0.2) is 0 Å². The summed E-state index contributed by atoms with van der Waals surface area (Å²) < 4.78 is 11.4. The van der Waals surface area contributed by atoms with Gasteiger partial charge in [0.25, 0.3) is 5.91 Å². The molecule has 5 nitrogen and oxygen atoms in total. The predicted octanol–water partition coefficient (Wildman–Crippen LogP) is 2.87. The SMILES string of the molecule is C=CCOc1ccccc1C(=O)NCC(C)(C)N1C[C@@H](C)O[C@@H](C)C1. The zero-order valence-corrected chi connectivity index (χ0v) is 15.7. The number of hydrogen-bond acceptors (Lipinski definition) is 4. The predicted molar refractivity (Wildman–Crippen MR) is 100 cm³/mol. The van der Waals surface area contributed by atoms with Crippen LogP contribution in [-0.4, -0.2) is 54.8 Å². The van der Waals surface area contributed by atoms with Crippen molar-refractivity contribution in [2.45, 2.75) is 45.4 Å². The lowest BCUT2D eigenvalue weighted by molar-refractivity contribution is -0.0948. The van der Waals surface area contributed by atoms with Crippen molar-refractivity contribution in [1.82, 2.24) is 10.2 Å². The molecule has 1 fully saturated rings. The molecule has 5 heteroatoms. The zero-order chi connectivity index (χ0) is 18.4. The van der Waals surface area contributed by atoms with Crippen molar-refractivity contribution in [1.29, 1.82) is 0 Å². The number of morpholine rings is 1. The van der Waals surface area contributed by atoms with Gasteiger partial charge in [-0.25, -0.2) is 0 Å². The van der Waals surface area contributed by atoms with E-state index in [0.717, 1.165) is 13.1 Å². The van der Waals surface area contributed by atoms with Crippen molar-refractivity contribution >= 4 is 5.91 Å². The van der Waals surface area contributed by atoms with Gasteiger partial charge in [-0.2, -0.15) is 0 Å². The molecule has 1 N–H and O–H groups in total. The van der Waals surface area contributed by atoms with Crippen LogP contribution in [0.15, 0.2) is 36.9 Å². The van der Waals surface area contributed by atoms with E-state index in [1.807, 2.05) is 12.1 Å². The number of carbonyl (C=O) groups is 1. The molecule has 1 aliphatic heterocycles. The molecule has 1 saturated heterocycles. The molecule has 1 heterocycles. The van der Waals surface area contributed by atoms with Crippen LogP contribution in [0.1, 0.15) is 38.1 Å². The third-order valence-corrected chi connectivity index (χ3v) is 4.45. The van der Waals surface area contributed by atoms with Gasteiger partial charge in [0, 0.05) is 25.2 Å². The Bertz CT molecular complexity index is 590. The maximum Gasteiger partial charge on any atom is 0.255 e. The van der Waals surface area contributed by atoms with Crippen molar-refractivity contribution in [3.63, 3.8) is 0 Å². The molecule has 0 aliphatic carbocycles. The topological polar surface area (TPSA) is 50.8 Å². The zero-order valence-electron chi connectivity index (χ0n) is 15.7. The van der Waals surface area contributed by atoms with Gasteiger partial charge < -0.3 is 14.8 Å². The molecule has 0 spiro atoms. The fourth-order valence-corrected chi connectivity index (χ4v) is 3.10. The van der Waals surface area contributed by atoms with Gasteiger partial charge in [-0.05, 0) is 39.8 Å². The van der Waals surface area contributed by atoms with E-state index >= 15 is 0 Å². The van der Waals surface area contributed by atoms with Gasteiger partial charge in [0.1, 0.15) is 12.4 Å². The number of rotatable bonds is 7. The largest absolute Gasteiger partial charge is 0.489 e. The molecule has 0 aromatic heterocycles. The molecule has 0 radical (unpaired) electrons. The summed E-state index contributed by atoms with van der Waals surface area (Å²) in [7, 11) is 0. The molecule has 2 atom stereocenters. The molecule has 1 aromatic rings. The first kappa shape index (κ1) is 19.5. The van der Waals surface area contributed by atoms with Gasteiger partial charge in [-0.3, -0.25) is 9.69 Å². The fraction of sp³-hybridized carbons (Fsp3) is 0.550. The summed E-state index contributed by atoms with van der Waals surface area (Å²) in [6, 6.07) is 7.27. The van der Waals surface area contributed by atoms with E-state index in [0.29, 0.717) is 24.5 Å². The minimum atomic E-state index is -0.154. The summed E-state index contributed by atoms with van der Waals surface area (Å²) in [6.45, 7) is 14.8. The standard InChI is InChI=1S/C20H30N2O3/c1-6-11-24-18-10-8-7-9-17(18)19(23)21-14-20(4,5)22-12-15(2)25-16(3)13-22/h6-10,15-16H,1,11-14H2,2-5H3,(H,21,23)/t15-,16+. The van der Waals surface area contributed by atoms with E-state index in [1.165, 1.54) is 0 Å². The van der Waals surface area contributed by atoms with Gasteiger partial charge in [0.05, 0.1) is 17.8 Å². The molecular formula is C20H30N2O3. The summed E-state index contributed by atoms with van der Waals surface area (Å²) in [5, 5.41) is 3.06. The van der Waals surface area contributed by atoms with Crippen LogP contribution < -0.4 is 10.1 Å². The second-order valence-corrected chi connectivity index (χ2v) is 7.25. The Morgan fingerprint density at radius 2 is 2.00 bits per heavy atom. The average Bonchev–Trinajstić information content (AvgIpc) is 2.57. The lowest BCUT2D eigenvalue weighted by Gasteiger charge is -2.45. The molecule has 1 aromatic carbocycles. The van der Waals surface area contributed by atoms with E-state index in [2.05, 4.69) is 44.5 Å². The smallest absolute Gasteiger partial charge is 0.255 e. The minimum Gasteiger partial charge on any atom is -0.489 e. The molecule has 1 amide bonds. The van der Waals surface area contributed by atoms with E-state index in [1.54, 1.807) is 18.2 Å². The van der Waals surface area contributed by atoms with Gasteiger partial charge in [-0.15, -0.1) is 0 Å². The van der Waals surface area contributed by atoms with Crippen LogP contribution in [0.25, 0.3) is 0 Å². The van der Waals surface area contributed by atoms with Crippen LogP contribution in [0.4, 0.5) is 0 Å². The van der Waals surface area contributed by atoms with Crippen molar-refractivity contribution in [3.8, 4) is 5.75 Å². The van der Waals surface area contributed by atoms with E-state index in [9.17, 15) is 4.79 Å². The molecular weight excluding hydrogens is 316 g/mol. The van der Waals surface area contributed by atoms with Gasteiger partial charge in [-0.1, -0.05) is 24.8 Å². The first-order valence-electron chi connectivity index (χ1n) is 8.85. The van der Waals surface area contributed by atoms with Crippen LogP contribution >= 0.6 is 0 Å². The van der Waals surface area contributed by atoms with E-state index in [-0.39, 0.29) is 23.7 Å². The van der Waals surface area contributed by atoms with Crippen molar-refractivity contribution in [2.24, 2.45) is 0 Å². The third-order valence-electron chi connectivity index (χ3n) is 4.45. The Morgan fingerprint density at radius 3 is 2.64 bits per heavy atom. The highest BCUT2D eigenvalue weighted by Crippen LogP contribution is 2.22. The Hall–Kier alpha value is -1.85. The number of ether oxygens (including phenoxy) is 2.